The second-order valence-electron chi connectivity index (χ2n) is 6.80. The third-order valence-electron chi connectivity index (χ3n) is 3.55. The summed E-state index contributed by atoms with van der Waals surface area (Å²) in [6.45, 7) is 8.85. The molecule has 1 aliphatic rings. The molecule has 5 heteroatoms. The number of nitrogens with zero attached hydrogens (tertiary/aromatic N) is 1. The van der Waals surface area contributed by atoms with Crippen LogP contribution in [0.2, 0.25) is 0 Å². The molecule has 0 radical (unpaired) electrons. The van der Waals surface area contributed by atoms with E-state index in [1.165, 1.54) is 6.26 Å². The van der Waals surface area contributed by atoms with Gasteiger partial charge in [0.25, 0.3) is 0 Å². The molecule has 0 spiro atoms. The van der Waals surface area contributed by atoms with E-state index in [0.29, 0.717) is 19.0 Å². The third-order valence-corrected chi connectivity index (χ3v) is 4.82. The molecule has 1 heterocycles. The van der Waals surface area contributed by atoms with Crippen LogP contribution in [0.15, 0.2) is 12.2 Å². The Morgan fingerprint density at radius 2 is 2.00 bits per heavy atom. The standard InChI is InChI=1S/C15H30N2O2S/c1-15(2,3)16-11-7-5-6-9-14-10-8-12-17(13-14)20(4,18)19/h5-6,14,16H,7-13H2,1-4H3. The van der Waals surface area contributed by atoms with E-state index in [0.717, 1.165) is 32.2 Å². The Labute approximate surface area is 124 Å². The van der Waals surface area contributed by atoms with E-state index >= 15 is 0 Å². The number of piperidine rings is 1. The van der Waals surface area contributed by atoms with Gasteiger partial charge in [0.2, 0.25) is 10.0 Å². The largest absolute Gasteiger partial charge is 0.312 e. The Morgan fingerprint density at radius 3 is 2.60 bits per heavy atom. The van der Waals surface area contributed by atoms with Crippen molar-refractivity contribution >= 4 is 10.0 Å². The molecule has 0 aromatic heterocycles. The van der Waals surface area contributed by atoms with Crippen molar-refractivity contribution in [1.29, 1.82) is 0 Å². The topological polar surface area (TPSA) is 49.4 Å². The zero-order valence-electron chi connectivity index (χ0n) is 13.4. The number of nitrogens with one attached hydrogen (secondary N) is 1. The van der Waals surface area contributed by atoms with Gasteiger partial charge in [-0.05, 0) is 58.9 Å². The quantitative estimate of drug-likeness (QED) is 0.605. The van der Waals surface area contributed by atoms with Crippen molar-refractivity contribution in [2.45, 2.75) is 52.0 Å². The predicted molar refractivity (Wildman–Crippen MR) is 85.3 cm³/mol. The van der Waals surface area contributed by atoms with Crippen molar-refractivity contribution < 1.29 is 8.42 Å². The van der Waals surface area contributed by atoms with Gasteiger partial charge in [0.1, 0.15) is 0 Å². The van der Waals surface area contributed by atoms with Gasteiger partial charge in [-0.3, -0.25) is 0 Å². The molecule has 118 valence electrons. The SMILES string of the molecule is CC(C)(C)NCCC=CCC1CCCN(S(C)(=O)=O)C1. The van der Waals surface area contributed by atoms with Crippen molar-refractivity contribution in [3.05, 3.63) is 12.2 Å². The summed E-state index contributed by atoms with van der Waals surface area (Å²) in [5.41, 5.74) is 0.174. The highest BCUT2D eigenvalue weighted by Crippen LogP contribution is 2.21. The van der Waals surface area contributed by atoms with Crippen molar-refractivity contribution in [2.75, 3.05) is 25.9 Å². The zero-order chi connectivity index (χ0) is 15.2. The average Bonchev–Trinajstić information content (AvgIpc) is 2.31. The van der Waals surface area contributed by atoms with Crippen molar-refractivity contribution in [3.8, 4) is 0 Å². The number of sulfonamides is 1. The summed E-state index contributed by atoms with van der Waals surface area (Å²) in [4.78, 5) is 0. The number of hydrogen-bond donors (Lipinski definition) is 1. The lowest BCUT2D eigenvalue weighted by Gasteiger charge is -2.30. The van der Waals surface area contributed by atoms with Crippen LogP contribution in [0.25, 0.3) is 0 Å². The summed E-state index contributed by atoms with van der Waals surface area (Å²) in [6, 6.07) is 0. The van der Waals surface area contributed by atoms with Crippen LogP contribution in [0, 0.1) is 5.92 Å². The molecule has 1 atom stereocenters. The molecule has 0 aromatic rings. The fourth-order valence-electron chi connectivity index (χ4n) is 2.46. The summed E-state index contributed by atoms with van der Waals surface area (Å²) >= 11 is 0. The maximum Gasteiger partial charge on any atom is 0.211 e. The number of allylic oxidation sites excluding steroid dienone is 1. The van der Waals surface area contributed by atoms with Gasteiger partial charge in [0.15, 0.2) is 0 Å². The molecular weight excluding hydrogens is 272 g/mol. The highest BCUT2D eigenvalue weighted by molar-refractivity contribution is 7.88. The average molecular weight is 302 g/mol. The second-order valence-corrected chi connectivity index (χ2v) is 8.78. The zero-order valence-corrected chi connectivity index (χ0v) is 14.2. The van der Waals surface area contributed by atoms with Crippen LogP contribution in [0.4, 0.5) is 0 Å². The van der Waals surface area contributed by atoms with Gasteiger partial charge in [-0.15, -0.1) is 0 Å². The van der Waals surface area contributed by atoms with Gasteiger partial charge in [-0.25, -0.2) is 12.7 Å². The Hall–Kier alpha value is -0.390. The minimum absolute atomic E-state index is 0.174. The molecule has 1 saturated heterocycles. The van der Waals surface area contributed by atoms with E-state index in [9.17, 15) is 8.42 Å². The van der Waals surface area contributed by atoms with Crippen molar-refractivity contribution in [3.63, 3.8) is 0 Å². The molecule has 0 aliphatic carbocycles. The first kappa shape index (κ1) is 17.7. The highest BCUT2D eigenvalue weighted by atomic mass is 32.2. The Kier molecular flexibility index (Phi) is 6.69. The molecule has 0 aromatic carbocycles. The molecule has 1 unspecified atom stereocenters. The van der Waals surface area contributed by atoms with Gasteiger partial charge in [0, 0.05) is 18.6 Å². The van der Waals surface area contributed by atoms with E-state index in [1.807, 2.05) is 0 Å². The smallest absolute Gasteiger partial charge is 0.211 e. The van der Waals surface area contributed by atoms with E-state index < -0.39 is 10.0 Å². The molecule has 20 heavy (non-hydrogen) atoms. The van der Waals surface area contributed by atoms with Crippen LogP contribution in [0.1, 0.15) is 46.5 Å². The molecule has 1 N–H and O–H groups in total. The Balaban J connectivity index is 2.24. The molecule has 0 amide bonds. The molecule has 0 saturated carbocycles. The first-order chi connectivity index (χ1) is 9.18. The van der Waals surface area contributed by atoms with E-state index in [4.69, 9.17) is 0 Å². The van der Waals surface area contributed by atoms with Crippen LogP contribution in [-0.4, -0.2) is 44.2 Å². The number of hydrogen-bond acceptors (Lipinski definition) is 3. The molecule has 0 bridgehead atoms. The van der Waals surface area contributed by atoms with Crippen LogP contribution in [-0.2, 0) is 10.0 Å². The van der Waals surface area contributed by atoms with Crippen LogP contribution in [0.5, 0.6) is 0 Å². The lowest BCUT2D eigenvalue weighted by Crippen LogP contribution is -2.39. The predicted octanol–water partition coefficient (Wildman–Crippen LogP) is 2.38. The maximum absolute atomic E-state index is 11.5. The minimum Gasteiger partial charge on any atom is -0.312 e. The summed E-state index contributed by atoms with van der Waals surface area (Å²) in [5.74, 6) is 0.477. The van der Waals surface area contributed by atoms with E-state index in [-0.39, 0.29) is 5.54 Å². The van der Waals surface area contributed by atoms with Gasteiger partial charge in [0.05, 0.1) is 6.26 Å². The van der Waals surface area contributed by atoms with Gasteiger partial charge >= 0.3 is 0 Å². The normalized spacial score (nSPS) is 22.5. The number of rotatable bonds is 6. The minimum atomic E-state index is -3.02. The molecule has 1 rings (SSSR count). The highest BCUT2D eigenvalue weighted by Gasteiger charge is 2.24. The van der Waals surface area contributed by atoms with Gasteiger partial charge < -0.3 is 5.32 Å². The fourth-order valence-corrected chi connectivity index (χ4v) is 3.40. The molecule has 4 nitrogen and oxygen atoms in total. The molecule has 1 fully saturated rings. The van der Waals surface area contributed by atoms with E-state index in [1.54, 1.807) is 4.31 Å². The van der Waals surface area contributed by atoms with Crippen molar-refractivity contribution in [1.82, 2.24) is 9.62 Å². The first-order valence-corrected chi connectivity index (χ1v) is 9.38. The summed E-state index contributed by atoms with van der Waals surface area (Å²) in [7, 11) is -3.02. The molecular formula is C15H30N2O2S. The Bertz CT molecular complexity index is 410. The van der Waals surface area contributed by atoms with Gasteiger partial charge in [-0.2, -0.15) is 0 Å². The Morgan fingerprint density at radius 1 is 1.30 bits per heavy atom. The van der Waals surface area contributed by atoms with Crippen LogP contribution < -0.4 is 5.32 Å². The van der Waals surface area contributed by atoms with Gasteiger partial charge in [-0.1, -0.05) is 12.2 Å². The second kappa shape index (κ2) is 7.57. The van der Waals surface area contributed by atoms with Crippen LogP contribution >= 0.6 is 0 Å². The first-order valence-electron chi connectivity index (χ1n) is 7.53. The molecule has 1 aliphatic heterocycles. The third kappa shape index (κ3) is 7.41. The summed E-state index contributed by atoms with van der Waals surface area (Å²) < 4.78 is 24.7. The van der Waals surface area contributed by atoms with Crippen molar-refractivity contribution in [2.24, 2.45) is 5.92 Å². The van der Waals surface area contributed by atoms with Crippen LogP contribution in [0.3, 0.4) is 0 Å². The fraction of sp³-hybridized carbons (Fsp3) is 0.867. The lowest BCUT2D eigenvalue weighted by atomic mass is 9.96. The monoisotopic (exact) mass is 302 g/mol. The summed E-state index contributed by atoms with van der Waals surface area (Å²) in [6.07, 6.45) is 9.86. The summed E-state index contributed by atoms with van der Waals surface area (Å²) in [5, 5.41) is 3.45. The maximum atomic E-state index is 11.5. The van der Waals surface area contributed by atoms with E-state index in [2.05, 4.69) is 38.2 Å². The lowest BCUT2D eigenvalue weighted by molar-refractivity contribution is 0.269.